The van der Waals surface area contributed by atoms with E-state index in [1.54, 1.807) is 0 Å². The Kier molecular flexibility index (Phi) is 2.16. The van der Waals surface area contributed by atoms with Crippen LogP contribution in [0.2, 0.25) is 0 Å². The lowest BCUT2D eigenvalue weighted by atomic mass is 10.3. The average Bonchev–Trinajstić information content (AvgIpc) is 2.30. The van der Waals surface area contributed by atoms with Crippen LogP contribution in [-0.4, -0.2) is 16.3 Å². The van der Waals surface area contributed by atoms with Gasteiger partial charge in [-0.05, 0) is 6.42 Å². The van der Waals surface area contributed by atoms with Crippen molar-refractivity contribution in [3.8, 4) is 0 Å². The Morgan fingerprint density at radius 2 is 2.60 bits per heavy atom. The van der Waals surface area contributed by atoms with Crippen LogP contribution in [0.3, 0.4) is 0 Å². The van der Waals surface area contributed by atoms with E-state index < -0.39 is 0 Å². The Hall–Kier alpha value is -0.710. The van der Waals surface area contributed by atoms with Gasteiger partial charge in [0.15, 0.2) is 5.17 Å². The molecule has 0 radical (unpaired) electrons. The van der Waals surface area contributed by atoms with Crippen molar-refractivity contribution in [2.45, 2.75) is 18.6 Å². The van der Waals surface area contributed by atoms with Gasteiger partial charge >= 0.3 is 0 Å². The second-order valence-corrected chi connectivity index (χ2v) is 3.13. The first-order chi connectivity index (χ1) is 4.77. The van der Waals surface area contributed by atoms with Gasteiger partial charge in [0.25, 0.3) is 0 Å². The third-order valence-corrected chi connectivity index (χ3v) is 2.53. The summed E-state index contributed by atoms with van der Waals surface area (Å²) in [6.07, 6.45) is 0.815. The van der Waals surface area contributed by atoms with Crippen molar-refractivity contribution >= 4 is 22.8 Å². The smallest absolute Gasteiger partial charge is 0.239 e. The first-order valence-corrected chi connectivity index (χ1v) is 3.91. The van der Waals surface area contributed by atoms with Crippen molar-refractivity contribution in [3.63, 3.8) is 0 Å². The first kappa shape index (κ1) is 7.40. The van der Waals surface area contributed by atoms with Gasteiger partial charge in [-0.3, -0.25) is 4.79 Å². The normalized spacial score (nSPS) is 29.1. The number of nitrogens with zero attached hydrogens (tertiary/aromatic N) is 1. The van der Waals surface area contributed by atoms with Crippen LogP contribution in [0.5, 0.6) is 0 Å². The number of carbonyl (C=O) groups is 1. The van der Waals surface area contributed by atoms with Gasteiger partial charge in [-0.25, -0.2) is 0 Å². The summed E-state index contributed by atoms with van der Waals surface area (Å²) in [5.41, 5.74) is 0. The molecule has 4 nitrogen and oxygen atoms in total. The van der Waals surface area contributed by atoms with Crippen LogP contribution in [0.25, 0.3) is 0 Å². The molecule has 1 atom stereocenters. The number of rotatable bonds is 1. The molecule has 0 aliphatic carbocycles. The average molecular weight is 159 g/mol. The Balaban J connectivity index is 2.61. The maximum Gasteiger partial charge on any atom is 0.239 e. The molecule has 1 saturated heterocycles. The monoisotopic (exact) mass is 159 g/mol. The third-order valence-electron chi connectivity index (χ3n) is 1.26. The van der Waals surface area contributed by atoms with Crippen LogP contribution < -0.4 is 11.2 Å². The van der Waals surface area contributed by atoms with E-state index >= 15 is 0 Å². The second kappa shape index (κ2) is 2.92. The van der Waals surface area contributed by atoms with Crippen LogP contribution in [0.15, 0.2) is 5.10 Å². The van der Waals surface area contributed by atoms with E-state index in [0.29, 0.717) is 5.17 Å². The van der Waals surface area contributed by atoms with E-state index in [2.05, 4.69) is 10.4 Å². The molecular formula is C5H9N3OS. The quantitative estimate of drug-likeness (QED) is 0.413. The molecular weight excluding hydrogens is 150 g/mol. The molecule has 0 spiro atoms. The van der Waals surface area contributed by atoms with Gasteiger partial charge < -0.3 is 11.2 Å². The van der Waals surface area contributed by atoms with Gasteiger partial charge in [-0.1, -0.05) is 18.7 Å². The molecule has 0 saturated carbocycles. The Labute approximate surface area is 63.2 Å². The van der Waals surface area contributed by atoms with Gasteiger partial charge in [0.2, 0.25) is 5.91 Å². The zero-order chi connectivity index (χ0) is 7.56. The SMILES string of the molecule is CC[C@@H]1S/C(=N\N)NC1=O. The van der Waals surface area contributed by atoms with Crippen molar-refractivity contribution < 1.29 is 4.79 Å². The van der Waals surface area contributed by atoms with Crippen molar-refractivity contribution in [1.29, 1.82) is 0 Å². The van der Waals surface area contributed by atoms with E-state index in [-0.39, 0.29) is 11.2 Å². The highest BCUT2D eigenvalue weighted by Gasteiger charge is 2.27. The topological polar surface area (TPSA) is 67.5 Å². The zero-order valence-electron chi connectivity index (χ0n) is 5.63. The molecule has 56 valence electrons. The van der Waals surface area contributed by atoms with Crippen LogP contribution in [0.1, 0.15) is 13.3 Å². The summed E-state index contributed by atoms with van der Waals surface area (Å²) < 4.78 is 0. The van der Waals surface area contributed by atoms with E-state index in [0.717, 1.165) is 6.42 Å². The molecule has 1 aliphatic heterocycles. The molecule has 5 heteroatoms. The van der Waals surface area contributed by atoms with Crippen molar-refractivity contribution in [3.05, 3.63) is 0 Å². The minimum Gasteiger partial charge on any atom is -0.321 e. The van der Waals surface area contributed by atoms with Crippen molar-refractivity contribution in [2.24, 2.45) is 10.9 Å². The molecule has 0 aromatic rings. The summed E-state index contributed by atoms with van der Waals surface area (Å²) in [5.74, 6) is 4.98. The fourth-order valence-electron chi connectivity index (χ4n) is 0.735. The molecule has 0 unspecified atom stereocenters. The molecule has 1 fully saturated rings. The fourth-order valence-corrected chi connectivity index (χ4v) is 1.56. The maximum atomic E-state index is 10.9. The molecule has 0 bridgehead atoms. The molecule has 3 N–H and O–H groups in total. The van der Waals surface area contributed by atoms with Gasteiger partial charge in [-0.2, -0.15) is 5.10 Å². The van der Waals surface area contributed by atoms with E-state index in [4.69, 9.17) is 5.84 Å². The van der Waals surface area contributed by atoms with Gasteiger partial charge in [0.05, 0.1) is 5.25 Å². The zero-order valence-corrected chi connectivity index (χ0v) is 6.44. The van der Waals surface area contributed by atoms with Crippen molar-refractivity contribution in [2.75, 3.05) is 0 Å². The Morgan fingerprint density at radius 3 is 2.90 bits per heavy atom. The highest BCUT2D eigenvalue weighted by molar-refractivity contribution is 8.15. The summed E-state index contributed by atoms with van der Waals surface area (Å²) in [5, 5.41) is 6.46. The number of nitrogens with one attached hydrogen (secondary N) is 1. The number of thioether (sulfide) groups is 1. The van der Waals surface area contributed by atoms with Gasteiger partial charge in [0, 0.05) is 0 Å². The minimum atomic E-state index is 0.00213. The molecule has 1 heterocycles. The Bertz CT molecular complexity index is 180. The number of hydrogen-bond acceptors (Lipinski definition) is 4. The third kappa shape index (κ3) is 1.23. The van der Waals surface area contributed by atoms with E-state index in [9.17, 15) is 4.79 Å². The lowest BCUT2D eigenvalue weighted by molar-refractivity contribution is -0.118. The summed E-state index contributed by atoms with van der Waals surface area (Å²) >= 11 is 1.38. The summed E-state index contributed by atoms with van der Waals surface area (Å²) in [6, 6.07) is 0. The molecule has 1 aliphatic rings. The molecule has 1 rings (SSSR count). The van der Waals surface area contributed by atoms with Crippen LogP contribution in [0.4, 0.5) is 0 Å². The molecule has 0 aromatic heterocycles. The highest BCUT2D eigenvalue weighted by Crippen LogP contribution is 2.20. The fraction of sp³-hybridized carbons (Fsp3) is 0.600. The van der Waals surface area contributed by atoms with E-state index in [1.165, 1.54) is 11.8 Å². The number of carbonyl (C=O) groups excluding carboxylic acids is 1. The van der Waals surface area contributed by atoms with Gasteiger partial charge in [-0.15, -0.1) is 0 Å². The minimum absolute atomic E-state index is 0.00213. The van der Waals surface area contributed by atoms with Crippen LogP contribution in [-0.2, 0) is 4.79 Å². The maximum absolute atomic E-state index is 10.9. The predicted molar refractivity (Wildman–Crippen MR) is 41.4 cm³/mol. The number of hydrogen-bond donors (Lipinski definition) is 2. The van der Waals surface area contributed by atoms with E-state index in [1.807, 2.05) is 6.92 Å². The predicted octanol–water partition coefficient (Wildman–Crippen LogP) is -0.142. The lowest BCUT2D eigenvalue weighted by Gasteiger charge is -1.95. The van der Waals surface area contributed by atoms with Crippen LogP contribution in [0, 0.1) is 0 Å². The highest BCUT2D eigenvalue weighted by atomic mass is 32.2. The first-order valence-electron chi connectivity index (χ1n) is 3.03. The molecule has 10 heavy (non-hydrogen) atoms. The second-order valence-electron chi connectivity index (χ2n) is 1.94. The lowest BCUT2D eigenvalue weighted by Crippen LogP contribution is -2.24. The van der Waals surface area contributed by atoms with Crippen molar-refractivity contribution in [1.82, 2.24) is 5.32 Å². The molecule has 0 aromatic carbocycles. The van der Waals surface area contributed by atoms with Gasteiger partial charge in [0.1, 0.15) is 0 Å². The molecule has 1 amide bonds. The Morgan fingerprint density at radius 1 is 1.90 bits per heavy atom. The number of hydrazone groups is 1. The van der Waals surface area contributed by atoms with Crippen LogP contribution >= 0.6 is 11.8 Å². The number of amidine groups is 1. The summed E-state index contributed by atoms with van der Waals surface area (Å²) in [6.45, 7) is 1.96. The number of amides is 1. The summed E-state index contributed by atoms with van der Waals surface area (Å²) in [4.78, 5) is 10.9. The number of nitrogens with two attached hydrogens (primary N) is 1. The summed E-state index contributed by atoms with van der Waals surface area (Å²) in [7, 11) is 0. The largest absolute Gasteiger partial charge is 0.321 e. The standard InChI is InChI=1S/C5H9N3OS/c1-2-3-4(9)7-5(8-6)10-3/h3H,2,6H2,1H3,(H,7,8,9)/t3-/m0/s1.